The molecule has 0 saturated heterocycles. The fourth-order valence-electron chi connectivity index (χ4n) is 2.19. The maximum absolute atomic E-state index is 10.2. The van der Waals surface area contributed by atoms with Crippen molar-refractivity contribution < 1.29 is 5.11 Å². The lowest BCUT2D eigenvalue weighted by Crippen LogP contribution is -2.26. The predicted molar refractivity (Wildman–Crippen MR) is 84.4 cm³/mol. The van der Waals surface area contributed by atoms with Crippen LogP contribution in [-0.2, 0) is 0 Å². The van der Waals surface area contributed by atoms with Gasteiger partial charge in [-0.3, -0.25) is 4.98 Å². The summed E-state index contributed by atoms with van der Waals surface area (Å²) in [5, 5.41) is 13.6. The van der Waals surface area contributed by atoms with Gasteiger partial charge in [-0.05, 0) is 35.7 Å². The molecule has 2 N–H and O–H groups in total. The van der Waals surface area contributed by atoms with Crippen LogP contribution in [0.25, 0.3) is 0 Å². The van der Waals surface area contributed by atoms with Gasteiger partial charge in [0.15, 0.2) is 0 Å². The number of halogens is 1. The van der Waals surface area contributed by atoms with Crippen LogP contribution in [0, 0.1) is 0 Å². The van der Waals surface area contributed by atoms with Gasteiger partial charge in [0.1, 0.15) is 0 Å². The number of nitrogens with one attached hydrogen (secondary N) is 1. The van der Waals surface area contributed by atoms with E-state index in [1.165, 1.54) is 5.56 Å². The van der Waals surface area contributed by atoms with Gasteiger partial charge >= 0.3 is 0 Å². The number of aromatic nitrogens is 1. The quantitative estimate of drug-likeness (QED) is 0.848. The van der Waals surface area contributed by atoms with Crippen molar-refractivity contribution in [1.29, 1.82) is 0 Å². The van der Waals surface area contributed by atoms with Crippen LogP contribution in [-0.4, -0.2) is 16.6 Å². The fraction of sp³-hybridized carbons (Fsp3) is 0.312. The molecule has 1 aromatic heterocycles. The second-order valence-electron chi connectivity index (χ2n) is 4.69. The highest BCUT2D eigenvalue weighted by atomic mass is 79.9. The Bertz CT molecular complexity index is 533. The molecular weight excluding hydrogens is 316 g/mol. The van der Waals surface area contributed by atoms with Crippen molar-refractivity contribution in [2.45, 2.75) is 25.5 Å². The Morgan fingerprint density at radius 3 is 2.55 bits per heavy atom. The number of rotatable bonds is 6. The van der Waals surface area contributed by atoms with E-state index in [2.05, 4.69) is 39.2 Å². The molecule has 0 spiro atoms. The Kier molecular flexibility index (Phi) is 5.71. The summed E-state index contributed by atoms with van der Waals surface area (Å²) in [6, 6.07) is 12.1. The summed E-state index contributed by atoms with van der Waals surface area (Å²) in [5.74, 6) is 0. The molecule has 0 fully saturated rings. The van der Waals surface area contributed by atoms with Crippen LogP contribution in [0.2, 0.25) is 0 Å². The molecule has 1 heterocycles. The van der Waals surface area contributed by atoms with E-state index in [4.69, 9.17) is 0 Å². The first-order valence-corrected chi connectivity index (χ1v) is 7.57. The summed E-state index contributed by atoms with van der Waals surface area (Å²) in [6.07, 6.45) is 3.84. The molecule has 0 aliphatic carbocycles. The van der Waals surface area contributed by atoms with E-state index in [0.29, 0.717) is 6.54 Å². The highest BCUT2D eigenvalue weighted by molar-refractivity contribution is 9.10. The number of aliphatic hydroxyl groups excluding tert-OH is 1. The molecule has 20 heavy (non-hydrogen) atoms. The van der Waals surface area contributed by atoms with E-state index in [-0.39, 0.29) is 6.04 Å². The van der Waals surface area contributed by atoms with Crippen molar-refractivity contribution in [1.82, 2.24) is 10.3 Å². The largest absolute Gasteiger partial charge is 0.387 e. The average Bonchev–Trinajstić information content (AvgIpc) is 2.50. The molecule has 0 bridgehead atoms. The van der Waals surface area contributed by atoms with Gasteiger partial charge in [-0.25, -0.2) is 0 Å². The number of benzene rings is 1. The minimum atomic E-state index is -0.519. The molecule has 0 aliphatic rings. The van der Waals surface area contributed by atoms with Crippen LogP contribution in [0.4, 0.5) is 0 Å². The molecule has 1 aromatic carbocycles. The fourth-order valence-corrected chi connectivity index (χ4v) is 2.75. The van der Waals surface area contributed by atoms with E-state index < -0.39 is 6.10 Å². The van der Waals surface area contributed by atoms with Crippen molar-refractivity contribution in [2.75, 3.05) is 6.54 Å². The Balaban J connectivity index is 2.00. The van der Waals surface area contributed by atoms with Crippen LogP contribution in [0.15, 0.2) is 53.3 Å². The first-order chi connectivity index (χ1) is 9.72. The van der Waals surface area contributed by atoms with Crippen molar-refractivity contribution in [2.24, 2.45) is 0 Å². The Morgan fingerprint density at radius 1 is 1.20 bits per heavy atom. The summed E-state index contributed by atoms with van der Waals surface area (Å²) >= 11 is 3.58. The summed E-state index contributed by atoms with van der Waals surface area (Å²) in [5.41, 5.74) is 2.10. The van der Waals surface area contributed by atoms with Crippen LogP contribution in [0.1, 0.15) is 36.6 Å². The maximum Gasteiger partial charge on any atom is 0.0915 e. The highest BCUT2D eigenvalue weighted by Gasteiger charge is 2.14. The van der Waals surface area contributed by atoms with E-state index >= 15 is 0 Å². The smallest absolute Gasteiger partial charge is 0.0915 e. The highest BCUT2D eigenvalue weighted by Crippen LogP contribution is 2.25. The van der Waals surface area contributed by atoms with Gasteiger partial charge < -0.3 is 10.4 Å². The lowest BCUT2D eigenvalue weighted by Gasteiger charge is -2.21. The second kappa shape index (κ2) is 7.53. The van der Waals surface area contributed by atoms with Gasteiger partial charge in [0.25, 0.3) is 0 Å². The molecular formula is C16H19BrN2O. The van der Waals surface area contributed by atoms with Gasteiger partial charge in [-0.15, -0.1) is 0 Å². The van der Waals surface area contributed by atoms with Crippen molar-refractivity contribution in [3.05, 3.63) is 64.4 Å². The summed E-state index contributed by atoms with van der Waals surface area (Å²) in [7, 11) is 0. The van der Waals surface area contributed by atoms with Crippen molar-refractivity contribution >= 4 is 15.9 Å². The zero-order chi connectivity index (χ0) is 14.4. The maximum atomic E-state index is 10.2. The summed E-state index contributed by atoms with van der Waals surface area (Å²) in [6.45, 7) is 2.65. The third kappa shape index (κ3) is 3.88. The minimum absolute atomic E-state index is 0.224. The predicted octanol–water partition coefficient (Wildman–Crippen LogP) is 3.62. The van der Waals surface area contributed by atoms with E-state index in [1.54, 1.807) is 12.4 Å². The van der Waals surface area contributed by atoms with Crippen molar-refractivity contribution in [3.63, 3.8) is 0 Å². The summed E-state index contributed by atoms with van der Waals surface area (Å²) in [4.78, 5) is 3.96. The van der Waals surface area contributed by atoms with Gasteiger partial charge in [-0.1, -0.05) is 41.1 Å². The van der Waals surface area contributed by atoms with Gasteiger partial charge in [0.2, 0.25) is 0 Å². The number of hydrogen-bond acceptors (Lipinski definition) is 3. The first-order valence-electron chi connectivity index (χ1n) is 6.78. The molecule has 4 heteroatoms. The zero-order valence-corrected chi connectivity index (χ0v) is 13.0. The molecule has 2 unspecified atom stereocenters. The first kappa shape index (κ1) is 15.2. The number of nitrogens with zero attached hydrogens (tertiary/aromatic N) is 1. The number of aliphatic hydroxyl groups is 1. The monoisotopic (exact) mass is 334 g/mol. The molecule has 2 aromatic rings. The standard InChI is InChI=1S/C16H19BrN2O/c1-2-15(13-5-3-4-6-14(13)17)19-11-16(20)12-7-9-18-10-8-12/h3-10,15-16,19-20H,2,11H2,1H3. The minimum Gasteiger partial charge on any atom is -0.387 e. The van der Waals surface area contributed by atoms with Crippen LogP contribution < -0.4 is 5.32 Å². The van der Waals surface area contributed by atoms with Gasteiger partial charge in [-0.2, -0.15) is 0 Å². The summed E-state index contributed by atoms with van der Waals surface area (Å²) < 4.78 is 1.10. The second-order valence-corrected chi connectivity index (χ2v) is 5.54. The third-order valence-electron chi connectivity index (χ3n) is 3.34. The topological polar surface area (TPSA) is 45.1 Å². The third-order valence-corrected chi connectivity index (χ3v) is 4.06. The number of hydrogen-bond donors (Lipinski definition) is 2. The molecule has 2 atom stereocenters. The van der Waals surface area contributed by atoms with E-state index in [0.717, 1.165) is 16.5 Å². The Labute approximate surface area is 128 Å². The van der Waals surface area contributed by atoms with Crippen LogP contribution in [0.3, 0.4) is 0 Å². The lowest BCUT2D eigenvalue weighted by atomic mass is 10.0. The average molecular weight is 335 g/mol. The molecule has 2 rings (SSSR count). The molecule has 3 nitrogen and oxygen atoms in total. The molecule has 106 valence electrons. The molecule has 0 saturated carbocycles. The van der Waals surface area contributed by atoms with E-state index in [1.807, 2.05) is 30.3 Å². The molecule has 0 radical (unpaired) electrons. The zero-order valence-electron chi connectivity index (χ0n) is 11.5. The van der Waals surface area contributed by atoms with Gasteiger partial charge in [0, 0.05) is 29.5 Å². The Morgan fingerprint density at radius 2 is 1.90 bits per heavy atom. The molecule has 0 amide bonds. The SMILES string of the molecule is CCC(NCC(O)c1ccncc1)c1ccccc1Br. The van der Waals surface area contributed by atoms with Crippen LogP contribution in [0.5, 0.6) is 0 Å². The normalized spacial score (nSPS) is 13.9. The lowest BCUT2D eigenvalue weighted by molar-refractivity contribution is 0.169. The molecule has 0 aliphatic heterocycles. The van der Waals surface area contributed by atoms with Gasteiger partial charge in [0.05, 0.1) is 6.10 Å². The van der Waals surface area contributed by atoms with Crippen molar-refractivity contribution in [3.8, 4) is 0 Å². The van der Waals surface area contributed by atoms with Crippen LogP contribution >= 0.6 is 15.9 Å². The Hall–Kier alpha value is -1.23. The number of pyridine rings is 1. The van der Waals surface area contributed by atoms with E-state index in [9.17, 15) is 5.11 Å².